The highest BCUT2D eigenvalue weighted by Crippen LogP contribution is 2.35. The molecule has 9 heteroatoms. The highest BCUT2D eigenvalue weighted by molar-refractivity contribution is 7.15. The maximum Gasteiger partial charge on any atom is 0.257 e. The van der Waals surface area contributed by atoms with E-state index >= 15 is 0 Å². The van der Waals surface area contributed by atoms with Crippen LogP contribution in [0.2, 0.25) is 0 Å². The van der Waals surface area contributed by atoms with Gasteiger partial charge < -0.3 is 14.4 Å². The van der Waals surface area contributed by atoms with E-state index in [1.165, 1.54) is 25.6 Å². The van der Waals surface area contributed by atoms with Gasteiger partial charge in [0.1, 0.15) is 5.01 Å². The standard InChI is InChI=1S/C22H22N4O4S/c1-13-6-4-5-7-16(13)26-12-15(11-19(26)27)21-24-25-22(31-21)23-20(28)14-8-9-17(29-2)18(10-14)30-3/h4-10,15H,11-12H2,1-3H3,(H,23,25,28). The summed E-state index contributed by atoms with van der Waals surface area (Å²) in [7, 11) is 3.05. The van der Waals surface area contributed by atoms with E-state index in [4.69, 9.17) is 9.47 Å². The molecule has 4 rings (SSSR count). The molecule has 1 unspecified atom stereocenters. The van der Waals surface area contributed by atoms with Crippen molar-refractivity contribution in [1.29, 1.82) is 0 Å². The van der Waals surface area contributed by atoms with E-state index in [-0.39, 0.29) is 17.7 Å². The van der Waals surface area contributed by atoms with Crippen molar-refractivity contribution in [2.75, 3.05) is 31.0 Å². The lowest BCUT2D eigenvalue weighted by Gasteiger charge is -2.18. The molecule has 1 aromatic heterocycles. The van der Waals surface area contributed by atoms with Crippen molar-refractivity contribution in [1.82, 2.24) is 10.2 Å². The Labute approximate surface area is 183 Å². The Morgan fingerprint density at radius 2 is 1.90 bits per heavy atom. The lowest BCUT2D eigenvalue weighted by molar-refractivity contribution is -0.117. The van der Waals surface area contributed by atoms with Gasteiger partial charge in [-0.25, -0.2) is 0 Å². The van der Waals surface area contributed by atoms with Gasteiger partial charge in [-0.05, 0) is 36.8 Å². The number of nitrogens with one attached hydrogen (secondary N) is 1. The predicted octanol–water partition coefficient (Wildman–Crippen LogP) is 3.64. The fourth-order valence-electron chi connectivity index (χ4n) is 3.57. The smallest absolute Gasteiger partial charge is 0.257 e. The van der Waals surface area contributed by atoms with Gasteiger partial charge in [0.15, 0.2) is 11.5 Å². The molecule has 2 heterocycles. The Bertz CT molecular complexity index is 1130. The third-order valence-corrected chi connectivity index (χ3v) is 6.19. The number of para-hydroxylation sites is 1. The van der Waals surface area contributed by atoms with Crippen molar-refractivity contribution < 1.29 is 19.1 Å². The summed E-state index contributed by atoms with van der Waals surface area (Å²) in [5, 5.41) is 12.2. The third-order valence-electron chi connectivity index (χ3n) is 5.19. The van der Waals surface area contributed by atoms with Gasteiger partial charge >= 0.3 is 0 Å². The number of benzene rings is 2. The summed E-state index contributed by atoms with van der Waals surface area (Å²) >= 11 is 1.29. The normalized spacial score (nSPS) is 15.8. The number of methoxy groups -OCH3 is 2. The fraction of sp³-hybridized carbons (Fsp3) is 0.273. The van der Waals surface area contributed by atoms with Gasteiger partial charge in [0.25, 0.3) is 5.91 Å². The van der Waals surface area contributed by atoms with Crippen LogP contribution >= 0.6 is 11.3 Å². The van der Waals surface area contributed by atoms with E-state index in [9.17, 15) is 9.59 Å². The molecular weight excluding hydrogens is 416 g/mol. The van der Waals surface area contributed by atoms with Crippen LogP contribution in [0.1, 0.15) is 33.3 Å². The predicted molar refractivity (Wildman–Crippen MR) is 118 cm³/mol. The van der Waals surface area contributed by atoms with E-state index in [2.05, 4.69) is 15.5 Å². The van der Waals surface area contributed by atoms with Gasteiger partial charge in [-0.2, -0.15) is 0 Å². The number of ether oxygens (including phenoxy) is 2. The number of carbonyl (C=O) groups excluding carboxylic acids is 2. The van der Waals surface area contributed by atoms with E-state index in [0.717, 1.165) is 16.3 Å². The molecule has 1 fully saturated rings. The first-order valence-corrected chi connectivity index (χ1v) is 10.5. The first kappa shape index (κ1) is 20.8. The average molecular weight is 439 g/mol. The van der Waals surface area contributed by atoms with Crippen LogP contribution in [0, 0.1) is 6.92 Å². The monoisotopic (exact) mass is 438 g/mol. The number of nitrogens with zero attached hydrogens (tertiary/aromatic N) is 3. The lowest BCUT2D eigenvalue weighted by atomic mass is 10.1. The Morgan fingerprint density at radius 3 is 2.65 bits per heavy atom. The Morgan fingerprint density at radius 1 is 1.13 bits per heavy atom. The number of anilines is 2. The summed E-state index contributed by atoms with van der Waals surface area (Å²) in [5.74, 6) is 0.685. The number of aromatic nitrogens is 2. The second-order valence-electron chi connectivity index (χ2n) is 7.16. The van der Waals surface area contributed by atoms with Gasteiger partial charge in [-0.1, -0.05) is 29.5 Å². The van der Waals surface area contributed by atoms with Gasteiger partial charge in [-0.15, -0.1) is 10.2 Å². The second kappa shape index (κ2) is 8.73. The van der Waals surface area contributed by atoms with Crippen molar-refractivity contribution in [3.8, 4) is 11.5 Å². The molecule has 1 saturated heterocycles. The van der Waals surface area contributed by atoms with Crippen molar-refractivity contribution in [3.05, 3.63) is 58.6 Å². The van der Waals surface area contributed by atoms with Crippen LogP contribution in [0.25, 0.3) is 0 Å². The molecule has 1 atom stereocenters. The zero-order valence-electron chi connectivity index (χ0n) is 17.4. The van der Waals surface area contributed by atoms with Crippen LogP contribution < -0.4 is 19.7 Å². The van der Waals surface area contributed by atoms with E-state index < -0.39 is 0 Å². The molecule has 8 nitrogen and oxygen atoms in total. The van der Waals surface area contributed by atoms with E-state index in [1.807, 2.05) is 31.2 Å². The molecule has 0 radical (unpaired) electrons. The third kappa shape index (κ3) is 4.22. The number of amides is 2. The van der Waals surface area contributed by atoms with Crippen LogP contribution in [-0.2, 0) is 4.79 Å². The summed E-state index contributed by atoms with van der Waals surface area (Å²) in [6.45, 7) is 2.53. The molecule has 2 aromatic carbocycles. The van der Waals surface area contributed by atoms with Crippen LogP contribution in [-0.4, -0.2) is 42.8 Å². The molecule has 0 spiro atoms. The Hall–Kier alpha value is -3.46. The molecule has 31 heavy (non-hydrogen) atoms. The first-order valence-electron chi connectivity index (χ1n) is 9.73. The molecule has 160 valence electrons. The minimum atomic E-state index is -0.326. The summed E-state index contributed by atoms with van der Waals surface area (Å²) in [5.41, 5.74) is 2.38. The van der Waals surface area contributed by atoms with Gasteiger partial charge in [0.05, 0.1) is 14.2 Å². The Kier molecular flexibility index (Phi) is 5.85. The molecule has 0 saturated carbocycles. The van der Waals surface area contributed by atoms with E-state index in [1.54, 1.807) is 23.1 Å². The van der Waals surface area contributed by atoms with Crippen LogP contribution in [0.4, 0.5) is 10.8 Å². The van der Waals surface area contributed by atoms with Crippen LogP contribution in [0.3, 0.4) is 0 Å². The van der Waals surface area contributed by atoms with Crippen LogP contribution in [0.15, 0.2) is 42.5 Å². The van der Waals surface area contributed by atoms with Crippen molar-refractivity contribution in [2.45, 2.75) is 19.3 Å². The molecule has 1 aliphatic rings. The number of rotatable bonds is 6. The zero-order valence-corrected chi connectivity index (χ0v) is 18.2. The van der Waals surface area contributed by atoms with Crippen LogP contribution in [0.5, 0.6) is 11.5 Å². The number of hydrogen-bond acceptors (Lipinski definition) is 7. The number of carbonyl (C=O) groups is 2. The summed E-state index contributed by atoms with van der Waals surface area (Å²) in [6.07, 6.45) is 0.368. The molecule has 2 amide bonds. The zero-order chi connectivity index (χ0) is 22.0. The molecule has 1 N–H and O–H groups in total. The molecular formula is C22H22N4O4S. The van der Waals surface area contributed by atoms with Crippen molar-refractivity contribution in [3.63, 3.8) is 0 Å². The SMILES string of the molecule is COc1ccc(C(=O)Nc2nnc(C3CC(=O)N(c4ccccc4C)C3)s2)cc1OC. The average Bonchev–Trinajstić information content (AvgIpc) is 3.40. The molecule has 3 aromatic rings. The number of aryl methyl sites for hydroxylation is 1. The summed E-state index contributed by atoms with van der Waals surface area (Å²) in [4.78, 5) is 27.0. The summed E-state index contributed by atoms with van der Waals surface area (Å²) < 4.78 is 10.4. The first-order chi connectivity index (χ1) is 15.0. The van der Waals surface area contributed by atoms with Gasteiger partial charge in [-0.3, -0.25) is 14.9 Å². The second-order valence-corrected chi connectivity index (χ2v) is 8.17. The maximum absolute atomic E-state index is 12.6. The minimum Gasteiger partial charge on any atom is -0.493 e. The topological polar surface area (TPSA) is 93.7 Å². The molecule has 1 aliphatic heterocycles. The number of hydrogen-bond donors (Lipinski definition) is 1. The molecule has 0 aliphatic carbocycles. The highest BCUT2D eigenvalue weighted by atomic mass is 32.1. The summed E-state index contributed by atoms with van der Waals surface area (Å²) in [6, 6.07) is 12.7. The lowest BCUT2D eigenvalue weighted by Crippen LogP contribution is -2.25. The van der Waals surface area contributed by atoms with Crippen molar-refractivity contribution >= 4 is 34.0 Å². The molecule has 0 bridgehead atoms. The van der Waals surface area contributed by atoms with E-state index in [0.29, 0.717) is 35.2 Å². The Balaban J connectivity index is 1.46. The van der Waals surface area contributed by atoms with Gasteiger partial charge in [0.2, 0.25) is 11.0 Å². The minimum absolute atomic E-state index is 0.0589. The largest absolute Gasteiger partial charge is 0.493 e. The van der Waals surface area contributed by atoms with Crippen molar-refractivity contribution in [2.24, 2.45) is 0 Å². The maximum atomic E-state index is 12.6. The van der Waals surface area contributed by atoms with Gasteiger partial charge in [0, 0.05) is 30.1 Å². The quantitative estimate of drug-likeness (QED) is 0.632. The fourth-order valence-corrected chi connectivity index (χ4v) is 4.40. The highest BCUT2D eigenvalue weighted by Gasteiger charge is 2.34.